The van der Waals surface area contributed by atoms with Crippen molar-refractivity contribution in [2.45, 2.75) is 17.7 Å². The van der Waals surface area contributed by atoms with Gasteiger partial charge in [0.15, 0.2) is 0 Å². The molecule has 0 spiro atoms. The summed E-state index contributed by atoms with van der Waals surface area (Å²) in [4.78, 5) is 0.291. The fourth-order valence-corrected chi connectivity index (χ4v) is 4.75. The predicted octanol–water partition coefficient (Wildman–Crippen LogP) is 3.44. The molecule has 2 aromatic rings. The SMILES string of the molecule is COc1ccc(S(=O)(=O)N2CCCc3cc(I)ccc32)cc1. The molecule has 6 heteroatoms. The lowest BCUT2D eigenvalue weighted by molar-refractivity contribution is 0.414. The van der Waals surface area contributed by atoms with Crippen molar-refractivity contribution in [1.29, 1.82) is 0 Å². The first kappa shape index (κ1) is 15.6. The molecular formula is C16H16INO3S. The Balaban J connectivity index is 2.03. The summed E-state index contributed by atoms with van der Waals surface area (Å²) >= 11 is 2.25. The molecule has 0 amide bonds. The molecule has 0 unspecified atom stereocenters. The summed E-state index contributed by atoms with van der Waals surface area (Å²) in [7, 11) is -1.98. The van der Waals surface area contributed by atoms with Crippen molar-refractivity contribution >= 4 is 38.3 Å². The number of rotatable bonds is 3. The van der Waals surface area contributed by atoms with E-state index in [1.807, 2.05) is 12.1 Å². The first-order valence-corrected chi connectivity index (χ1v) is 9.49. The standard InChI is InChI=1S/C16H16INO3S/c1-21-14-5-7-15(8-6-14)22(19,20)18-10-2-3-12-11-13(17)4-9-16(12)18/h4-9,11H,2-3,10H2,1H3. The molecule has 2 aromatic carbocycles. The summed E-state index contributed by atoms with van der Waals surface area (Å²) in [6, 6.07) is 12.4. The molecule has 22 heavy (non-hydrogen) atoms. The van der Waals surface area contributed by atoms with Crippen molar-refractivity contribution in [2.75, 3.05) is 18.0 Å². The van der Waals surface area contributed by atoms with Crippen molar-refractivity contribution in [3.8, 4) is 5.75 Å². The van der Waals surface area contributed by atoms with Crippen LogP contribution in [0.5, 0.6) is 5.75 Å². The second-order valence-corrected chi connectivity index (χ2v) is 8.24. The van der Waals surface area contributed by atoms with Crippen LogP contribution in [0.2, 0.25) is 0 Å². The van der Waals surface area contributed by atoms with E-state index in [-0.39, 0.29) is 0 Å². The molecule has 0 saturated carbocycles. The van der Waals surface area contributed by atoms with Gasteiger partial charge in [-0.25, -0.2) is 8.42 Å². The largest absolute Gasteiger partial charge is 0.497 e. The van der Waals surface area contributed by atoms with Crippen LogP contribution in [0.15, 0.2) is 47.4 Å². The Morgan fingerprint density at radius 1 is 1.14 bits per heavy atom. The van der Waals surface area contributed by atoms with Gasteiger partial charge in [0.1, 0.15) is 5.75 Å². The van der Waals surface area contributed by atoms with E-state index in [1.54, 1.807) is 31.4 Å². The van der Waals surface area contributed by atoms with E-state index in [2.05, 4.69) is 28.7 Å². The number of ether oxygens (including phenoxy) is 1. The number of benzene rings is 2. The molecule has 4 nitrogen and oxygen atoms in total. The molecule has 0 aliphatic carbocycles. The highest BCUT2D eigenvalue weighted by atomic mass is 127. The van der Waals surface area contributed by atoms with E-state index in [4.69, 9.17) is 4.74 Å². The van der Waals surface area contributed by atoms with Gasteiger partial charge in [-0.05, 0) is 83.5 Å². The van der Waals surface area contributed by atoms with Crippen molar-refractivity contribution < 1.29 is 13.2 Å². The summed E-state index contributed by atoms with van der Waals surface area (Å²) in [5, 5.41) is 0. The second-order valence-electron chi connectivity index (χ2n) is 5.13. The predicted molar refractivity (Wildman–Crippen MR) is 95.0 cm³/mol. The number of hydrogen-bond donors (Lipinski definition) is 0. The molecule has 1 heterocycles. The van der Waals surface area contributed by atoms with Crippen LogP contribution in [-0.2, 0) is 16.4 Å². The molecule has 0 N–H and O–H groups in total. The molecule has 3 rings (SSSR count). The average Bonchev–Trinajstić information content (AvgIpc) is 2.54. The van der Waals surface area contributed by atoms with Gasteiger partial charge >= 0.3 is 0 Å². The number of sulfonamides is 1. The van der Waals surface area contributed by atoms with Crippen LogP contribution < -0.4 is 9.04 Å². The van der Waals surface area contributed by atoms with Crippen LogP contribution in [0, 0.1) is 3.57 Å². The van der Waals surface area contributed by atoms with E-state index >= 15 is 0 Å². The third kappa shape index (κ3) is 2.81. The van der Waals surface area contributed by atoms with Gasteiger partial charge in [0.25, 0.3) is 10.0 Å². The summed E-state index contributed by atoms with van der Waals surface area (Å²) in [5.74, 6) is 0.646. The second kappa shape index (κ2) is 6.08. The number of hydrogen-bond acceptors (Lipinski definition) is 3. The van der Waals surface area contributed by atoms with Crippen molar-refractivity contribution in [3.63, 3.8) is 0 Å². The highest BCUT2D eigenvalue weighted by Gasteiger charge is 2.29. The van der Waals surface area contributed by atoms with Crippen molar-refractivity contribution in [3.05, 3.63) is 51.6 Å². The first-order chi connectivity index (χ1) is 10.5. The summed E-state index contributed by atoms with van der Waals surface area (Å²) in [6.45, 7) is 0.516. The number of fused-ring (bicyclic) bond motifs is 1. The molecular weight excluding hydrogens is 413 g/mol. The molecule has 0 radical (unpaired) electrons. The fourth-order valence-electron chi connectivity index (χ4n) is 2.66. The van der Waals surface area contributed by atoms with Crippen LogP contribution in [0.1, 0.15) is 12.0 Å². The maximum Gasteiger partial charge on any atom is 0.264 e. The van der Waals surface area contributed by atoms with Gasteiger partial charge in [0, 0.05) is 10.1 Å². The van der Waals surface area contributed by atoms with Crippen molar-refractivity contribution in [1.82, 2.24) is 0 Å². The third-order valence-corrected chi connectivity index (χ3v) is 6.26. The Morgan fingerprint density at radius 3 is 2.55 bits per heavy atom. The number of anilines is 1. The number of nitrogens with zero attached hydrogens (tertiary/aromatic N) is 1. The van der Waals surface area contributed by atoms with E-state index in [0.717, 1.165) is 27.7 Å². The molecule has 116 valence electrons. The smallest absolute Gasteiger partial charge is 0.264 e. The Morgan fingerprint density at radius 2 is 1.86 bits per heavy atom. The fraction of sp³-hybridized carbons (Fsp3) is 0.250. The van der Waals surface area contributed by atoms with Crippen LogP contribution in [0.3, 0.4) is 0 Å². The summed E-state index contributed by atoms with van der Waals surface area (Å²) < 4.78 is 33.6. The molecule has 1 aliphatic rings. The lowest BCUT2D eigenvalue weighted by atomic mass is 10.0. The number of aryl methyl sites for hydroxylation is 1. The highest BCUT2D eigenvalue weighted by Crippen LogP contribution is 2.33. The average molecular weight is 429 g/mol. The summed E-state index contributed by atoms with van der Waals surface area (Å²) in [5.41, 5.74) is 1.89. The van der Waals surface area contributed by atoms with Crippen molar-refractivity contribution in [2.24, 2.45) is 0 Å². The maximum atomic E-state index is 12.9. The molecule has 0 atom stereocenters. The first-order valence-electron chi connectivity index (χ1n) is 6.97. The molecule has 0 fully saturated rings. The normalized spacial score (nSPS) is 14.5. The lowest BCUT2D eigenvalue weighted by Crippen LogP contribution is -2.35. The Kier molecular flexibility index (Phi) is 4.31. The Labute approximate surface area is 144 Å². The van der Waals surface area contributed by atoms with E-state index in [1.165, 1.54) is 4.31 Å². The molecule has 0 aromatic heterocycles. The lowest BCUT2D eigenvalue weighted by Gasteiger charge is -2.30. The molecule has 0 bridgehead atoms. The van der Waals surface area contributed by atoms with Crippen LogP contribution >= 0.6 is 22.6 Å². The quantitative estimate of drug-likeness (QED) is 0.703. The van der Waals surface area contributed by atoms with Crippen LogP contribution in [-0.4, -0.2) is 22.1 Å². The Hall–Kier alpha value is -1.28. The zero-order chi connectivity index (χ0) is 15.7. The van der Waals surface area contributed by atoms with Gasteiger partial charge in [-0.1, -0.05) is 0 Å². The van der Waals surface area contributed by atoms with E-state index in [0.29, 0.717) is 17.2 Å². The summed E-state index contributed by atoms with van der Waals surface area (Å²) in [6.07, 6.45) is 1.75. The monoisotopic (exact) mass is 429 g/mol. The topological polar surface area (TPSA) is 46.6 Å². The van der Waals surface area contributed by atoms with Gasteiger partial charge in [-0.2, -0.15) is 0 Å². The minimum Gasteiger partial charge on any atom is -0.497 e. The Bertz CT molecular complexity index is 788. The van der Waals surface area contributed by atoms with Crippen LogP contribution in [0.25, 0.3) is 0 Å². The van der Waals surface area contributed by atoms with Gasteiger partial charge in [-0.15, -0.1) is 0 Å². The third-order valence-electron chi connectivity index (χ3n) is 3.76. The molecule has 0 saturated heterocycles. The van der Waals surface area contributed by atoms with E-state index < -0.39 is 10.0 Å². The van der Waals surface area contributed by atoms with Crippen LogP contribution in [0.4, 0.5) is 5.69 Å². The zero-order valence-electron chi connectivity index (χ0n) is 12.1. The van der Waals surface area contributed by atoms with Gasteiger partial charge in [0.2, 0.25) is 0 Å². The minimum atomic E-state index is -3.54. The number of methoxy groups -OCH3 is 1. The van der Waals surface area contributed by atoms with Gasteiger partial charge in [-0.3, -0.25) is 4.31 Å². The molecule has 1 aliphatic heterocycles. The van der Waals surface area contributed by atoms with Gasteiger partial charge in [0.05, 0.1) is 17.7 Å². The van der Waals surface area contributed by atoms with E-state index in [9.17, 15) is 8.42 Å². The minimum absolute atomic E-state index is 0.291. The highest BCUT2D eigenvalue weighted by molar-refractivity contribution is 14.1. The maximum absolute atomic E-state index is 12.9. The zero-order valence-corrected chi connectivity index (χ0v) is 15.1. The van der Waals surface area contributed by atoms with Gasteiger partial charge < -0.3 is 4.74 Å². The number of halogens is 1.